The molecule has 0 atom stereocenters. The van der Waals surface area contributed by atoms with Crippen molar-refractivity contribution in [3.63, 3.8) is 0 Å². The van der Waals surface area contributed by atoms with E-state index >= 15 is 0 Å². The molecular weight excluding hydrogens is 398 g/mol. The maximum atomic E-state index is 13.1. The molecular formula is C19H26BrN3O3. The minimum atomic E-state index is -0.588. The molecule has 142 valence electrons. The van der Waals surface area contributed by atoms with E-state index < -0.39 is 11.6 Å². The van der Waals surface area contributed by atoms with Crippen LogP contribution in [-0.2, 0) is 9.53 Å². The Bertz CT molecular complexity index is 793. The first-order valence-electron chi connectivity index (χ1n) is 8.50. The number of benzene rings is 1. The second-order valence-electron chi connectivity index (χ2n) is 7.48. The maximum absolute atomic E-state index is 13.1. The lowest BCUT2D eigenvalue weighted by atomic mass is 10.2. The number of likely N-dealkylation sites (N-methyl/N-ethyl adjacent to an activating group) is 1. The predicted octanol–water partition coefficient (Wildman–Crippen LogP) is 3.28. The molecule has 6 nitrogen and oxygen atoms in total. The van der Waals surface area contributed by atoms with Crippen molar-refractivity contribution >= 4 is 38.7 Å². The Hall–Kier alpha value is -1.86. The van der Waals surface area contributed by atoms with Gasteiger partial charge in [-0.2, -0.15) is 0 Å². The molecule has 0 fully saturated rings. The normalized spacial score (nSPS) is 11.8. The molecule has 0 bridgehead atoms. The van der Waals surface area contributed by atoms with E-state index in [4.69, 9.17) is 4.74 Å². The van der Waals surface area contributed by atoms with Gasteiger partial charge in [0.1, 0.15) is 17.8 Å². The molecule has 0 aliphatic carbocycles. The third kappa shape index (κ3) is 5.32. The van der Waals surface area contributed by atoms with Crippen molar-refractivity contribution in [3.8, 4) is 0 Å². The van der Waals surface area contributed by atoms with Crippen molar-refractivity contribution in [2.24, 2.45) is 0 Å². The molecule has 1 aromatic heterocycles. The van der Waals surface area contributed by atoms with Crippen LogP contribution >= 0.6 is 15.9 Å². The highest BCUT2D eigenvalue weighted by Crippen LogP contribution is 2.28. The molecule has 2 rings (SSSR count). The zero-order chi connectivity index (χ0) is 19.5. The molecule has 1 amide bonds. The summed E-state index contributed by atoms with van der Waals surface area (Å²) in [6, 6.07) is 7.67. The number of carbonyl (C=O) groups is 2. The Morgan fingerprint density at radius 3 is 2.38 bits per heavy atom. The van der Waals surface area contributed by atoms with Gasteiger partial charge < -0.3 is 19.5 Å². The minimum absolute atomic E-state index is 0.0915. The van der Waals surface area contributed by atoms with Crippen LogP contribution in [0, 0.1) is 0 Å². The number of esters is 1. The highest BCUT2D eigenvalue weighted by atomic mass is 79.9. The summed E-state index contributed by atoms with van der Waals surface area (Å²) < 4.78 is 6.09. The maximum Gasteiger partial charge on any atom is 0.326 e. The van der Waals surface area contributed by atoms with Crippen molar-refractivity contribution in [3.05, 3.63) is 34.4 Å². The summed E-state index contributed by atoms with van der Waals surface area (Å²) in [7, 11) is 3.85. The van der Waals surface area contributed by atoms with Gasteiger partial charge in [-0.3, -0.25) is 9.59 Å². The Morgan fingerprint density at radius 1 is 1.15 bits per heavy atom. The van der Waals surface area contributed by atoms with Gasteiger partial charge in [0.15, 0.2) is 0 Å². The zero-order valence-corrected chi connectivity index (χ0v) is 17.5. The molecule has 0 radical (unpaired) electrons. The average Bonchev–Trinajstić information content (AvgIpc) is 2.86. The number of halogens is 1. The first-order chi connectivity index (χ1) is 12.1. The molecule has 0 saturated carbocycles. The summed E-state index contributed by atoms with van der Waals surface area (Å²) in [6.45, 7) is 6.41. The van der Waals surface area contributed by atoms with E-state index in [2.05, 4.69) is 20.9 Å². The number of hydrogen-bond donors (Lipinski definition) is 1. The van der Waals surface area contributed by atoms with Crippen LogP contribution in [-0.4, -0.2) is 66.0 Å². The quantitative estimate of drug-likeness (QED) is 0.723. The third-order valence-electron chi connectivity index (χ3n) is 3.70. The number of rotatable bonds is 6. The third-order valence-corrected chi connectivity index (χ3v) is 4.52. The lowest BCUT2D eigenvalue weighted by Crippen LogP contribution is -2.42. The number of amides is 1. The Labute approximate surface area is 162 Å². The van der Waals surface area contributed by atoms with Gasteiger partial charge in [-0.05, 0) is 56.9 Å². The topological polar surface area (TPSA) is 65.6 Å². The summed E-state index contributed by atoms with van der Waals surface area (Å²) in [4.78, 5) is 32.0. The number of ether oxygens (including phenoxy) is 1. The van der Waals surface area contributed by atoms with E-state index in [1.807, 2.05) is 64.0 Å². The fourth-order valence-electron chi connectivity index (χ4n) is 2.52. The smallest absolute Gasteiger partial charge is 0.326 e. The summed E-state index contributed by atoms with van der Waals surface area (Å²) in [5, 5.41) is 0.931. The van der Waals surface area contributed by atoms with Crippen molar-refractivity contribution < 1.29 is 14.3 Å². The van der Waals surface area contributed by atoms with Crippen molar-refractivity contribution in [1.29, 1.82) is 0 Å². The summed E-state index contributed by atoms with van der Waals surface area (Å²) in [5.41, 5.74) is 0.718. The molecule has 0 spiro atoms. The van der Waals surface area contributed by atoms with Crippen LogP contribution in [0.25, 0.3) is 10.9 Å². The molecule has 0 unspecified atom stereocenters. The molecule has 1 heterocycles. The number of nitrogens with one attached hydrogen (secondary N) is 1. The molecule has 0 aliphatic rings. The largest absolute Gasteiger partial charge is 0.459 e. The van der Waals surface area contributed by atoms with Crippen molar-refractivity contribution in [1.82, 2.24) is 14.8 Å². The Morgan fingerprint density at radius 2 is 1.81 bits per heavy atom. The number of nitrogens with zero attached hydrogens (tertiary/aromatic N) is 2. The second-order valence-corrected chi connectivity index (χ2v) is 8.27. The van der Waals surface area contributed by atoms with E-state index in [-0.39, 0.29) is 12.5 Å². The monoisotopic (exact) mass is 423 g/mol. The minimum Gasteiger partial charge on any atom is -0.459 e. The number of aromatic nitrogens is 1. The number of hydrogen-bond acceptors (Lipinski definition) is 4. The highest BCUT2D eigenvalue weighted by Gasteiger charge is 2.26. The van der Waals surface area contributed by atoms with Crippen LogP contribution in [0.3, 0.4) is 0 Å². The number of H-pyrrole nitrogens is 1. The lowest BCUT2D eigenvalue weighted by Gasteiger charge is -2.26. The molecule has 1 aromatic carbocycles. The fraction of sp³-hybridized carbons (Fsp3) is 0.474. The van der Waals surface area contributed by atoms with Crippen LogP contribution in [0.15, 0.2) is 28.7 Å². The van der Waals surface area contributed by atoms with Gasteiger partial charge in [0.25, 0.3) is 5.91 Å². The van der Waals surface area contributed by atoms with E-state index in [1.54, 1.807) is 0 Å². The molecule has 0 saturated heterocycles. The first kappa shape index (κ1) is 20.5. The van der Waals surface area contributed by atoms with Gasteiger partial charge in [0, 0.05) is 24.0 Å². The van der Waals surface area contributed by atoms with Crippen LogP contribution in [0.2, 0.25) is 0 Å². The van der Waals surface area contributed by atoms with Gasteiger partial charge in [-0.15, -0.1) is 0 Å². The van der Waals surface area contributed by atoms with Gasteiger partial charge in [-0.25, -0.2) is 0 Å². The van der Waals surface area contributed by atoms with Gasteiger partial charge in [0.05, 0.1) is 4.47 Å². The number of aromatic amines is 1. The van der Waals surface area contributed by atoms with E-state index in [0.717, 1.165) is 10.9 Å². The van der Waals surface area contributed by atoms with Gasteiger partial charge in [-0.1, -0.05) is 18.2 Å². The average molecular weight is 424 g/mol. The molecule has 7 heteroatoms. The van der Waals surface area contributed by atoms with Gasteiger partial charge in [0.2, 0.25) is 0 Å². The fourth-order valence-corrected chi connectivity index (χ4v) is 3.13. The molecule has 2 aromatic rings. The predicted molar refractivity (Wildman–Crippen MR) is 106 cm³/mol. The number of carbonyl (C=O) groups excluding carboxylic acids is 2. The first-order valence-corrected chi connectivity index (χ1v) is 9.30. The number of fused-ring (bicyclic) bond motifs is 1. The number of para-hydroxylation sites is 1. The molecule has 0 aliphatic heterocycles. The zero-order valence-electron chi connectivity index (χ0n) is 15.9. The van der Waals surface area contributed by atoms with Crippen molar-refractivity contribution in [2.75, 3.05) is 33.7 Å². The SMILES string of the molecule is CN(C)CCN(CC(=O)OC(C)(C)C)C(=O)c1[nH]c2ccccc2c1Br. The Kier molecular flexibility index (Phi) is 6.47. The highest BCUT2D eigenvalue weighted by molar-refractivity contribution is 9.10. The standard InChI is InChI=1S/C19H26BrN3O3/c1-19(2,3)26-15(24)12-23(11-10-22(4)5)18(25)17-16(20)13-8-6-7-9-14(13)21-17/h6-9,21H,10-12H2,1-5H3. The van der Waals surface area contributed by atoms with Gasteiger partial charge >= 0.3 is 5.97 Å². The molecule has 1 N–H and O–H groups in total. The molecule has 26 heavy (non-hydrogen) atoms. The van der Waals surface area contributed by atoms with Crippen LogP contribution < -0.4 is 0 Å². The van der Waals surface area contributed by atoms with Crippen LogP contribution in [0.4, 0.5) is 0 Å². The van der Waals surface area contributed by atoms with Crippen molar-refractivity contribution in [2.45, 2.75) is 26.4 Å². The summed E-state index contributed by atoms with van der Waals surface area (Å²) in [6.07, 6.45) is 0. The van der Waals surface area contributed by atoms with Crippen LogP contribution in [0.5, 0.6) is 0 Å². The van der Waals surface area contributed by atoms with E-state index in [1.165, 1.54) is 4.90 Å². The second kappa shape index (κ2) is 8.22. The lowest BCUT2D eigenvalue weighted by molar-refractivity contribution is -0.155. The van der Waals surface area contributed by atoms with Crippen LogP contribution in [0.1, 0.15) is 31.3 Å². The van der Waals surface area contributed by atoms with E-state index in [9.17, 15) is 9.59 Å². The summed E-state index contributed by atoms with van der Waals surface area (Å²) >= 11 is 3.51. The Balaban J connectivity index is 2.26. The van der Waals surface area contributed by atoms with E-state index in [0.29, 0.717) is 23.3 Å². The summed E-state index contributed by atoms with van der Waals surface area (Å²) in [5.74, 6) is -0.655.